The minimum Gasteiger partial charge on any atom is -0.472 e. The Balaban J connectivity index is 2.27. The lowest BCUT2D eigenvalue weighted by Crippen LogP contribution is -2.10. The van der Waals surface area contributed by atoms with Crippen LogP contribution in [0.15, 0.2) is 30.5 Å². The monoisotopic (exact) mass is 312 g/mol. The highest BCUT2D eigenvalue weighted by Gasteiger charge is 2.17. The lowest BCUT2D eigenvalue weighted by Gasteiger charge is -2.13. The zero-order valence-corrected chi connectivity index (χ0v) is 12.0. The van der Waals surface area contributed by atoms with Gasteiger partial charge in [0.15, 0.2) is 0 Å². The number of thiol groups is 1. The number of alkyl halides is 1. The highest BCUT2D eigenvalue weighted by atomic mass is 32.1. The van der Waals surface area contributed by atoms with Gasteiger partial charge in [-0.1, -0.05) is 6.07 Å². The Labute approximate surface area is 126 Å². The number of benzene rings is 1. The molecule has 0 saturated carbocycles. The van der Waals surface area contributed by atoms with E-state index in [1.165, 1.54) is 11.2 Å². The number of esters is 1. The topological polar surface area (TPSA) is 62.6 Å². The average molecular weight is 312 g/mol. The average Bonchev–Trinajstić information content (AvgIpc) is 2.91. The molecule has 112 valence electrons. The third-order valence-corrected chi connectivity index (χ3v) is 2.89. The van der Waals surface area contributed by atoms with E-state index in [2.05, 4.69) is 17.9 Å². The van der Waals surface area contributed by atoms with Crippen molar-refractivity contribution in [2.45, 2.75) is 6.61 Å². The Morgan fingerprint density at radius 3 is 2.81 bits per heavy atom. The molecule has 6 nitrogen and oxygen atoms in total. The maximum absolute atomic E-state index is 12.4. The summed E-state index contributed by atoms with van der Waals surface area (Å²) in [7, 11) is 1.26. The molecule has 0 bridgehead atoms. The number of methoxy groups -OCH3 is 1. The van der Waals surface area contributed by atoms with Gasteiger partial charge in [-0.05, 0) is 24.9 Å². The lowest BCUT2D eigenvalue weighted by molar-refractivity contribution is 0.0596. The van der Waals surface area contributed by atoms with Gasteiger partial charge < -0.3 is 14.2 Å². The van der Waals surface area contributed by atoms with Crippen molar-refractivity contribution in [3.63, 3.8) is 0 Å². The smallest absolute Gasteiger partial charge is 0.338 e. The summed E-state index contributed by atoms with van der Waals surface area (Å²) >= 11 is 3.98. The van der Waals surface area contributed by atoms with Crippen molar-refractivity contribution >= 4 is 18.8 Å². The van der Waals surface area contributed by atoms with Crippen LogP contribution in [0.3, 0.4) is 0 Å². The normalized spacial score (nSPS) is 10.2. The van der Waals surface area contributed by atoms with Crippen LogP contribution in [0.1, 0.15) is 15.9 Å². The van der Waals surface area contributed by atoms with Crippen LogP contribution in [0, 0.1) is 0 Å². The molecule has 0 spiro atoms. The number of ether oxygens (including phenoxy) is 3. The summed E-state index contributed by atoms with van der Waals surface area (Å²) in [5, 5.41) is 3.92. The van der Waals surface area contributed by atoms with E-state index < -0.39 is 12.8 Å². The van der Waals surface area contributed by atoms with E-state index >= 15 is 0 Å². The molecule has 8 heteroatoms. The number of carbonyl (C=O) groups excluding carboxylic acids is 1. The Bertz CT molecular complexity index is 632. The molecule has 0 aliphatic carbocycles. The van der Waals surface area contributed by atoms with Crippen LogP contribution in [0.25, 0.3) is 0 Å². The molecule has 0 unspecified atom stereocenters. The predicted molar refractivity (Wildman–Crippen MR) is 75.3 cm³/mol. The molecule has 0 fully saturated rings. The summed E-state index contributed by atoms with van der Waals surface area (Å²) in [5.74, 6) is -0.0285. The van der Waals surface area contributed by atoms with E-state index in [4.69, 9.17) is 14.2 Å². The summed E-state index contributed by atoms with van der Waals surface area (Å²) in [4.78, 5) is 11.7. The van der Waals surface area contributed by atoms with Crippen molar-refractivity contribution in [2.24, 2.45) is 0 Å². The van der Waals surface area contributed by atoms with Gasteiger partial charge in [-0.25, -0.2) is 13.3 Å². The molecule has 0 radical (unpaired) electrons. The zero-order chi connectivity index (χ0) is 15.2. The minimum absolute atomic E-state index is 0.0224. The summed E-state index contributed by atoms with van der Waals surface area (Å²) in [6, 6.07) is 6.27. The second kappa shape index (κ2) is 6.98. The molecule has 0 saturated heterocycles. The van der Waals surface area contributed by atoms with E-state index in [-0.39, 0.29) is 17.9 Å². The second-order valence-electron chi connectivity index (χ2n) is 3.89. The standard InChI is InChI=1S/C13H13FN2O4S/c1-18-13(17)9-3-2-4-11(20-8-14)10(9)7-19-12-5-6-16(21)15-12/h2-6,21H,7-8H2,1H3. The molecule has 0 aliphatic rings. The highest BCUT2D eigenvalue weighted by Crippen LogP contribution is 2.25. The van der Waals surface area contributed by atoms with Crippen molar-refractivity contribution in [3.05, 3.63) is 41.6 Å². The summed E-state index contributed by atoms with van der Waals surface area (Å²) < 4.78 is 28.7. The van der Waals surface area contributed by atoms with Crippen LogP contribution < -0.4 is 9.47 Å². The summed E-state index contributed by atoms with van der Waals surface area (Å²) in [6.45, 7) is -1.03. The largest absolute Gasteiger partial charge is 0.472 e. The third kappa shape index (κ3) is 3.66. The SMILES string of the molecule is COC(=O)c1cccc(OCF)c1COc1ccn(S)n1. The van der Waals surface area contributed by atoms with Crippen molar-refractivity contribution in [1.82, 2.24) is 9.19 Å². The fourth-order valence-electron chi connectivity index (χ4n) is 1.73. The van der Waals surface area contributed by atoms with Crippen LogP contribution >= 0.6 is 12.8 Å². The molecule has 2 rings (SSSR count). The fourth-order valence-corrected chi connectivity index (χ4v) is 1.89. The van der Waals surface area contributed by atoms with Gasteiger partial charge in [0.1, 0.15) is 12.4 Å². The van der Waals surface area contributed by atoms with Crippen molar-refractivity contribution in [1.29, 1.82) is 0 Å². The predicted octanol–water partition coefficient (Wildman–Crippen LogP) is 2.25. The molecule has 0 amide bonds. The van der Waals surface area contributed by atoms with Gasteiger partial charge in [-0.3, -0.25) is 0 Å². The van der Waals surface area contributed by atoms with Gasteiger partial charge in [0.05, 0.1) is 12.7 Å². The molecule has 1 aromatic carbocycles. The number of nitrogens with zero attached hydrogens (tertiary/aromatic N) is 2. The molecule has 1 heterocycles. The van der Waals surface area contributed by atoms with Gasteiger partial charge in [0, 0.05) is 17.8 Å². The molecule has 0 N–H and O–H groups in total. The first kappa shape index (κ1) is 15.2. The van der Waals surface area contributed by atoms with Gasteiger partial charge >= 0.3 is 5.97 Å². The number of halogens is 1. The van der Waals surface area contributed by atoms with Crippen molar-refractivity contribution < 1.29 is 23.4 Å². The second-order valence-corrected chi connectivity index (χ2v) is 4.30. The fraction of sp³-hybridized carbons (Fsp3) is 0.231. The first-order valence-corrected chi connectivity index (χ1v) is 6.32. The molecule has 2 aromatic rings. The van der Waals surface area contributed by atoms with Gasteiger partial charge in [0.25, 0.3) is 0 Å². The quantitative estimate of drug-likeness (QED) is 0.655. The minimum atomic E-state index is -1.01. The van der Waals surface area contributed by atoms with Crippen LogP contribution in [0.4, 0.5) is 4.39 Å². The Morgan fingerprint density at radius 2 is 2.19 bits per heavy atom. The first-order chi connectivity index (χ1) is 10.2. The van der Waals surface area contributed by atoms with Gasteiger partial charge in [-0.15, -0.1) is 5.10 Å². The third-order valence-electron chi connectivity index (χ3n) is 2.66. The zero-order valence-electron chi connectivity index (χ0n) is 11.2. The lowest BCUT2D eigenvalue weighted by atomic mass is 10.1. The number of hydrogen-bond donors (Lipinski definition) is 1. The number of aromatic nitrogens is 2. The van der Waals surface area contributed by atoms with E-state index in [0.29, 0.717) is 11.4 Å². The molecule has 1 aromatic heterocycles. The van der Waals surface area contributed by atoms with E-state index in [1.54, 1.807) is 30.5 Å². The van der Waals surface area contributed by atoms with Gasteiger partial charge in [-0.2, -0.15) is 0 Å². The number of rotatable bonds is 6. The van der Waals surface area contributed by atoms with Crippen LogP contribution in [0.5, 0.6) is 11.6 Å². The number of hydrogen-bond acceptors (Lipinski definition) is 6. The number of carbonyl (C=O) groups is 1. The van der Waals surface area contributed by atoms with Crippen molar-refractivity contribution in [3.8, 4) is 11.6 Å². The van der Waals surface area contributed by atoms with E-state index in [0.717, 1.165) is 0 Å². The molecular weight excluding hydrogens is 299 g/mol. The Kier molecular flexibility index (Phi) is 5.04. The van der Waals surface area contributed by atoms with E-state index in [9.17, 15) is 9.18 Å². The van der Waals surface area contributed by atoms with Gasteiger partial charge in [0.2, 0.25) is 12.7 Å². The highest BCUT2D eigenvalue weighted by molar-refractivity contribution is 7.78. The van der Waals surface area contributed by atoms with Crippen LogP contribution in [-0.4, -0.2) is 29.1 Å². The maximum atomic E-state index is 12.4. The molecule has 0 aliphatic heterocycles. The Hall–Kier alpha value is -2.22. The van der Waals surface area contributed by atoms with Crippen LogP contribution in [-0.2, 0) is 11.3 Å². The van der Waals surface area contributed by atoms with E-state index in [1.807, 2.05) is 0 Å². The molecular formula is C13H13FN2O4S. The maximum Gasteiger partial charge on any atom is 0.338 e. The summed E-state index contributed by atoms with van der Waals surface area (Å²) in [6.07, 6.45) is 1.59. The van der Waals surface area contributed by atoms with Crippen LogP contribution in [0.2, 0.25) is 0 Å². The van der Waals surface area contributed by atoms with Crippen molar-refractivity contribution in [2.75, 3.05) is 14.0 Å². The first-order valence-electron chi connectivity index (χ1n) is 5.92. The molecule has 21 heavy (non-hydrogen) atoms. The Morgan fingerprint density at radius 1 is 1.38 bits per heavy atom. The molecule has 0 atom stereocenters. The summed E-state index contributed by atoms with van der Waals surface area (Å²) in [5.41, 5.74) is 0.629.